The van der Waals surface area contributed by atoms with Crippen molar-refractivity contribution in [3.63, 3.8) is 0 Å². The maximum Gasteiger partial charge on any atom is 0.0681 e. The molecule has 1 aliphatic rings. The van der Waals surface area contributed by atoms with Crippen molar-refractivity contribution in [3.8, 4) is 0 Å². The molecule has 0 amide bonds. The minimum Gasteiger partial charge on any atom is -0.392 e. The van der Waals surface area contributed by atoms with Gasteiger partial charge in [0, 0.05) is 12.2 Å². The number of fused-ring (bicyclic) bond motifs is 1. The molecule has 0 saturated carbocycles. The van der Waals surface area contributed by atoms with E-state index in [1.165, 1.54) is 11.3 Å². The van der Waals surface area contributed by atoms with E-state index >= 15 is 0 Å². The van der Waals surface area contributed by atoms with Crippen LogP contribution in [0.3, 0.4) is 0 Å². The quantitative estimate of drug-likeness (QED) is 0.627. The summed E-state index contributed by atoms with van der Waals surface area (Å²) in [7, 11) is 0. The van der Waals surface area contributed by atoms with Crippen LogP contribution in [0.2, 0.25) is 0 Å². The average Bonchev–Trinajstić information content (AvgIpc) is 2.50. The Morgan fingerprint density at radius 3 is 3.18 bits per heavy atom. The molecule has 2 nitrogen and oxygen atoms in total. The number of benzene rings is 1. The van der Waals surface area contributed by atoms with Gasteiger partial charge in [0.15, 0.2) is 0 Å². The Hall–Kier alpha value is -1.02. The molecule has 0 bridgehead atoms. The van der Waals surface area contributed by atoms with Crippen LogP contribution in [-0.4, -0.2) is 11.7 Å². The van der Waals surface area contributed by atoms with Crippen molar-refractivity contribution in [3.05, 3.63) is 29.3 Å². The lowest BCUT2D eigenvalue weighted by atomic mass is 10.1. The largest absolute Gasteiger partial charge is 0.392 e. The molecule has 0 spiro atoms. The van der Waals surface area contributed by atoms with Crippen LogP contribution in [0.1, 0.15) is 11.1 Å². The molecule has 1 heterocycles. The summed E-state index contributed by atoms with van der Waals surface area (Å²) in [5.41, 5.74) is 3.56. The van der Waals surface area contributed by atoms with Crippen molar-refractivity contribution in [1.29, 1.82) is 0 Å². The van der Waals surface area contributed by atoms with E-state index in [0.29, 0.717) is 0 Å². The predicted octanol–water partition coefficient (Wildman–Crippen LogP) is 1.15. The molecule has 0 aliphatic carbocycles. The molecule has 58 valence electrons. The Labute approximate surface area is 65.9 Å². The molecule has 2 heteroatoms. The molecular formula is C9H11NO. The fraction of sp³-hybridized carbons (Fsp3) is 0.333. The van der Waals surface area contributed by atoms with E-state index in [0.717, 1.165) is 18.5 Å². The molecule has 0 radical (unpaired) electrons. The van der Waals surface area contributed by atoms with Crippen molar-refractivity contribution < 1.29 is 5.11 Å². The summed E-state index contributed by atoms with van der Waals surface area (Å²) in [5, 5.41) is 12.1. The van der Waals surface area contributed by atoms with E-state index in [1.54, 1.807) is 0 Å². The van der Waals surface area contributed by atoms with Gasteiger partial charge in [0.05, 0.1) is 6.61 Å². The molecule has 2 N–H and O–H groups in total. The zero-order valence-electron chi connectivity index (χ0n) is 6.30. The van der Waals surface area contributed by atoms with Crippen molar-refractivity contribution in [2.75, 3.05) is 11.9 Å². The summed E-state index contributed by atoms with van der Waals surface area (Å²) >= 11 is 0. The number of aliphatic hydroxyl groups excluding tert-OH is 1. The van der Waals surface area contributed by atoms with Crippen LogP contribution >= 0.6 is 0 Å². The SMILES string of the molecule is OCc1ccc2c(c1)CCN2. The first-order chi connectivity index (χ1) is 5.40. The Kier molecular flexibility index (Phi) is 1.55. The summed E-state index contributed by atoms with van der Waals surface area (Å²) in [6, 6.07) is 6.06. The fourth-order valence-electron chi connectivity index (χ4n) is 1.46. The van der Waals surface area contributed by atoms with Crippen LogP contribution in [-0.2, 0) is 13.0 Å². The third-order valence-electron chi connectivity index (χ3n) is 2.06. The second kappa shape index (κ2) is 2.55. The second-order valence-electron chi connectivity index (χ2n) is 2.83. The summed E-state index contributed by atoms with van der Waals surface area (Å²) in [4.78, 5) is 0. The smallest absolute Gasteiger partial charge is 0.0681 e. The van der Waals surface area contributed by atoms with Gasteiger partial charge in [0.2, 0.25) is 0 Å². The molecule has 0 saturated heterocycles. The zero-order valence-corrected chi connectivity index (χ0v) is 6.30. The zero-order chi connectivity index (χ0) is 7.68. The van der Waals surface area contributed by atoms with Crippen LogP contribution in [0.5, 0.6) is 0 Å². The summed E-state index contributed by atoms with van der Waals surface area (Å²) < 4.78 is 0. The third-order valence-corrected chi connectivity index (χ3v) is 2.06. The lowest BCUT2D eigenvalue weighted by molar-refractivity contribution is 0.282. The molecule has 1 aromatic rings. The Balaban J connectivity index is 2.41. The minimum atomic E-state index is 0.146. The van der Waals surface area contributed by atoms with Gasteiger partial charge in [-0.1, -0.05) is 12.1 Å². The van der Waals surface area contributed by atoms with Crippen LogP contribution in [0, 0.1) is 0 Å². The van der Waals surface area contributed by atoms with Gasteiger partial charge in [-0.15, -0.1) is 0 Å². The lowest BCUT2D eigenvalue weighted by Crippen LogP contribution is -1.90. The molecule has 1 aliphatic heterocycles. The van der Waals surface area contributed by atoms with E-state index in [9.17, 15) is 0 Å². The summed E-state index contributed by atoms with van der Waals surface area (Å²) in [6.07, 6.45) is 1.09. The van der Waals surface area contributed by atoms with Crippen molar-refractivity contribution in [1.82, 2.24) is 0 Å². The van der Waals surface area contributed by atoms with Crippen LogP contribution in [0.4, 0.5) is 5.69 Å². The Morgan fingerprint density at radius 1 is 1.45 bits per heavy atom. The topological polar surface area (TPSA) is 32.3 Å². The number of hydrogen-bond acceptors (Lipinski definition) is 2. The number of nitrogens with one attached hydrogen (secondary N) is 1. The van der Waals surface area contributed by atoms with Gasteiger partial charge in [-0.3, -0.25) is 0 Å². The highest BCUT2D eigenvalue weighted by Crippen LogP contribution is 2.22. The van der Waals surface area contributed by atoms with Crippen molar-refractivity contribution in [2.45, 2.75) is 13.0 Å². The molecule has 11 heavy (non-hydrogen) atoms. The Morgan fingerprint density at radius 2 is 2.36 bits per heavy atom. The summed E-state index contributed by atoms with van der Waals surface area (Å²) in [5.74, 6) is 0. The third kappa shape index (κ3) is 1.10. The molecule has 1 aromatic carbocycles. The van der Waals surface area contributed by atoms with Gasteiger partial charge >= 0.3 is 0 Å². The highest BCUT2D eigenvalue weighted by atomic mass is 16.3. The first kappa shape index (κ1) is 6.68. The van der Waals surface area contributed by atoms with Gasteiger partial charge in [-0.25, -0.2) is 0 Å². The van der Waals surface area contributed by atoms with E-state index in [4.69, 9.17) is 5.11 Å². The molecular weight excluding hydrogens is 138 g/mol. The van der Waals surface area contributed by atoms with Gasteiger partial charge in [0.25, 0.3) is 0 Å². The van der Waals surface area contributed by atoms with E-state index < -0.39 is 0 Å². The number of aliphatic hydroxyl groups is 1. The van der Waals surface area contributed by atoms with Gasteiger partial charge in [-0.05, 0) is 23.6 Å². The molecule has 0 unspecified atom stereocenters. The maximum absolute atomic E-state index is 8.85. The first-order valence-electron chi connectivity index (χ1n) is 3.86. The van der Waals surface area contributed by atoms with E-state index in [2.05, 4.69) is 11.4 Å². The van der Waals surface area contributed by atoms with E-state index in [-0.39, 0.29) is 6.61 Å². The minimum absolute atomic E-state index is 0.146. The number of hydrogen-bond donors (Lipinski definition) is 2. The standard InChI is InChI=1S/C9H11NO/c11-6-7-1-2-9-8(5-7)3-4-10-9/h1-2,5,10-11H,3-4,6H2. The highest BCUT2D eigenvalue weighted by Gasteiger charge is 2.08. The monoisotopic (exact) mass is 149 g/mol. The molecule has 0 aromatic heterocycles. The van der Waals surface area contributed by atoms with Crippen molar-refractivity contribution >= 4 is 5.69 Å². The summed E-state index contributed by atoms with van der Waals surface area (Å²) in [6.45, 7) is 1.18. The molecule has 0 atom stereocenters. The van der Waals surface area contributed by atoms with Gasteiger partial charge < -0.3 is 10.4 Å². The first-order valence-corrected chi connectivity index (χ1v) is 3.86. The fourth-order valence-corrected chi connectivity index (χ4v) is 1.46. The molecule has 0 fully saturated rings. The van der Waals surface area contributed by atoms with Crippen molar-refractivity contribution in [2.24, 2.45) is 0 Å². The van der Waals surface area contributed by atoms with Gasteiger partial charge in [0.1, 0.15) is 0 Å². The maximum atomic E-state index is 8.85. The van der Waals surface area contributed by atoms with Crippen LogP contribution in [0.25, 0.3) is 0 Å². The second-order valence-corrected chi connectivity index (χ2v) is 2.83. The predicted molar refractivity (Wildman–Crippen MR) is 44.6 cm³/mol. The molecule has 2 rings (SSSR count). The lowest BCUT2D eigenvalue weighted by Gasteiger charge is -2.00. The number of anilines is 1. The van der Waals surface area contributed by atoms with E-state index in [1.807, 2.05) is 12.1 Å². The Bertz CT molecular complexity index is 270. The van der Waals surface area contributed by atoms with Crippen LogP contribution in [0.15, 0.2) is 18.2 Å². The normalized spacial score (nSPS) is 14.3. The highest BCUT2D eigenvalue weighted by molar-refractivity contribution is 5.56. The average molecular weight is 149 g/mol. The van der Waals surface area contributed by atoms with Gasteiger partial charge in [-0.2, -0.15) is 0 Å². The van der Waals surface area contributed by atoms with Crippen LogP contribution < -0.4 is 5.32 Å². The number of rotatable bonds is 1.